The molecule has 0 radical (unpaired) electrons. The molecule has 2 aromatic rings. The van der Waals surface area contributed by atoms with Gasteiger partial charge in [0, 0.05) is 10.7 Å². The molecule has 0 aliphatic carbocycles. The summed E-state index contributed by atoms with van der Waals surface area (Å²) in [7, 11) is 0. The molecule has 3 nitrogen and oxygen atoms in total. The Bertz CT molecular complexity index is 586. The Labute approximate surface area is 113 Å². The molecule has 1 aromatic carbocycles. The molecule has 17 heavy (non-hydrogen) atoms. The average molecular weight is 311 g/mol. The normalized spacial score (nSPS) is 12.1. The van der Waals surface area contributed by atoms with Crippen LogP contribution in [0.2, 0.25) is 5.02 Å². The molecule has 86 valence electrons. The van der Waals surface area contributed by atoms with Crippen LogP contribution < -0.4 is 0 Å². The highest BCUT2D eigenvalue weighted by atomic mass is 79.9. The van der Waals surface area contributed by atoms with Crippen LogP contribution >= 0.6 is 27.5 Å². The van der Waals surface area contributed by atoms with E-state index in [0.29, 0.717) is 5.02 Å². The van der Waals surface area contributed by atoms with Crippen LogP contribution in [0.1, 0.15) is 18.4 Å². The molecule has 0 amide bonds. The summed E-state index contributed by atoms with van der Waals surface area (Å²) < 4.78 is 2.57. The summed E-state index contributed by atoms with van der Waals surface area (Å²) in [4.78, 5) is 0. The maximum absolute atomic E-state index is 8.87. The van der Waals surface area contributed by atoms with Gasteiger partial charge >= 0.3 is 0 Å². The van der Waals surface area contributed by atoms with Gasteiger partial charge in [-0.1, -0.05) is 17.7 Å². The van der Waals surface area contributed by atoms with Gasteiger partial charge in [-0.2, -0.15) is 10.4 Å². The van der Waals surface area contributed by atoms with Gasteiger partial charge < -0.3 is 0 Å². The monoisotopic (exact) mass is 309 g/mol. The molecule has 1 unspecified atom stereocenters. The molecule has 0 saturated carbocycles. The highest BCUT2D eigenvalue weighted by Crippen LogP contribution is 2.26. The second-order valence-corrected chi connectivity index (χ2v) is 4.96. The molecule has 1 aromatic heterocycles. The number of aromatic nitrogens is 2. The lowest BCUT2D eigenvalue weighted by Gasteiger charge is -2.08. The summed E-state index contributed by atoms with van der Waals surface area (Å²) in [5, 5.41) is 13.6. The lowest BCUT2D eigenvalue weighted by Crippen LogP contribution is -1.97. The third-order valence-electron chi connectivity index (χ3n) is 2.46. The van der Waals surface area contributed by atoms with Gasteiger partial charge in [0.2, 0.25) is 0 Å². The van der Waals surface area contributed by atoms with E-state index in [1.54, 1.807) is 17.1 Å². The predicted octanol–water partition coefficient (Wildman–Crippen LogP) is 3.92. The third kappa shape index (κ3) is 2.51. The van der Waals surface area contributed by atoms with E-state index in [2.05, 4.69) is 27.1 Å². The van der Waals surface area contributed by atoms with E-state index >= 15 is 0 Å². The first kappa shape index (κ1) is 12.2. The smallest absolute Gasteiger partial charge is 0.0790 e. The standard InChI is InChI=1S/C12H9BrClN3/c1-8(5-15)9-2-3-12(11(13)4-9)17-7-10(14)6-16-17/h2-4,6-8H,1H3. The van der Waals surface area contributed by atoms with Crippen LogP contribution in [0.15, 0.2) is 35.1 Å². The minimum atomic E-state index is -0.124. The van der Waals surface area contributed by atoms with Gasteiger partial charge in [0.05, 0.1) is 28.9 Å². The van der Waals surface area contributed by atoms with E-state index in [4.69, 9.17) is 16.9 Å². The minimum absolute atomic E-state index is 0.124. The van der Waals surface area contributed by atoms with Crippen LogP contribution in [0.5, 0.6) is 0 Å². The second kappa shape index (κ2) is 4.91. The number of rotatable bonds is 2. The van der Waals surface area contributed by atoms with Gasteiger partial charge in [-0.3, -0.25) is 0 Å². The number of benzene rings is 1. The molecular weight excluding hydrogens is 302 g/mol. The zero-order chi connectivity index (χ0) is 12.4. The molecule has 0 fully saturated rings. The number of hydrogen-bond donors (Lipinski definition) is 0. The number of nitrogens with zero attached hydrogens (tertiary/aromatic N) is 3. The molecular formula is C12H9BrClN3. The maximum Gasteiger partial charge on any atom is 0.0790 e. The van der Waals surface area contributed by atoms with Crippen molar-refractivity contribution >= 4 is 27.5 Å². The molecule has 1 atom stereocenters. The number of halogens is 2. The average Bonchev–Trinajstić information content (AvgIpc) is 2.74. The molecule has 0 aliphatic heterocycles. The largest absolute Gasteiger partial charge is 0.238 e. The van der Waals surface area contributed by atoms with Crippen LogP contribution in [0, 0.1) is 11.3 Å². The zero-order valence-corrected chi connectivity index (χ0v) is 11.4. The van der Waals surface area contributed by atoms with Crippen LogP contribution in [-0.2, 0) is 0 Å². The van der Waals surface area contributed by atoms with Crippen LogP contribution in [0.3, 0.4) is 0 Å². The van der Waals surface area contributed by atoms with E-state index in [0.717, 1.165) is 15.7 Å². The Kier molecular flexibility index (Phi) is 3.51. The molecule has 0 saturated heterocycles. The maximum atomic E-state index is 8.87. The molecule has 2 rings (SSSR count). The molecule has 0 bridgehead atoms. The Morgan fingerprint density at radius 3 is 2.82 bits per heavy atom. The summed E-state index contributed by atoms with van der Waals surface area (Å²) in [6.07, 6.45) is 3.31. The van der Waals surface area contributed by atoms with Gasteiger partial charge in [0.15, 0.2) is 0 Å². The van der Waals surface area contributed by atoms with Crippen LogP contribution in [-0.4, -0.2) is 9.78 Å². The van der Waals surface area contributed by atoms with Gasteiger partial charge in [-0.25, -0.2) is 4.68 Å². The topological polar surface area (TPSA) is 41.6 Å². The molecule has 0 N–H and O–H groups in total. The Morgan fingerprint density at radius 1 is 1.53 bits per heavy atom. The Morgan fingerprint density at radius 2 is 2.29 bits per heavy atom. The molecule has 0 spiro atoms. The van der Waals surface area contributed by atoms with Crippen molar-refractivity contribution in [2.24, 2.45) is 0 Å². The lowest BCUT2D eigenvalue weighted by atomic mass is 10.0. The Hall–Kier alpha value is -1.31. The fraction of sp³-hybridized carbons (Fsp3) is 0.167. The van der Waals surface area contributed by atoms with E-state index in [1.165, 1.54) is 0 Å². The highest BCUT2D eigenvalue weighted by molar-refractivity contribution is 9.10. The van der Waals surface area contributed by atoms with Gasteiger partial charge in [0.25, 0.3) is 0 Å². The number of hydrogen-bond acceptors (Lipinski definition) is 2. The minimum Gasteiger partial charge on any atom is -0.238 e. The highest BCUT2D eigenvalue weighted by Gasteiger charge is 2.09. The van der Waals surface area contributed by atoms with Crippen molar-refractivity contribution in [1.82, 2.24) is 9.78 Å². The van der Waals surface area contributed by atoms with Gasteiger partial charge in [0.1, 0.15) is 0 Å². The summed E-state index contributed by atoms with van der Waals surface area (Å²) in [6, 6.07) is 7.97. The second-order valence-electron chi connectivity index (χ2n) is 3.66. The zero-order valence-electron chi connectivity index (χ0n) is 9.06. The van der Waals surface area contributed by atoms with Crippen LogP contribution in [0.4, 0.5) is 0 Å². The third-order valence-corrected chi connectivity index (χ3v) is 3.29. The number of nitriles is 1. The van der Waals surface area contributed by atoms with Crippen LogP contribution in [0.25, 0.3) is 5.69 Å². The first-order valence-electron chi connectivity index (χ1n) is 5.01. The summed E-state index contributed by atoms with van der Waals surface area (Å²) in [5.41, 5.74) is 1.87. The summed E-state index contributed by atoms with van der Waals surface area (Å²) in [6.45, 7) is 1.87. The predicted molar refractivity (Wildman–Crippen MR) is 70.3 cm³/mol. The van der Waals surface area contributed by atoms with E-state index < -0.39 is 0 Å². The van der Waals surface area contributed by atoms with Crippen molar-refractivity contribution in [3.05, 3.63) is 45.7 Å². The van der Waals surface area contributed by atoms with Crippen molar-refractivity contribution < 1.29 is 0 Å². The van der Waals surface area contributed by atoms with Crippen molar-refractivity contribution in [1.29, 1.82) is 5.26 Å². The van der Waals surface area contributed by atoms with Gasteiger partial charge in [-0.15, -0.1) is 0 Å². The summed E-state index contributed by atoms with van der Waals surface area (Å²) in [5.74, 6) is -0.124. The van der Waals surface area contributed by atoms with E-state index in [9.17, 15) is 0 Å². The van der Waals surface area contributed by atoms with Crippen molar-refractivity contribution in [3.8, 4) is 11.8 Å². The lowest BCUT2D eigenvalue weighted by molar-refractivity contribution is 0.872. The fourth-order valence-corrected chi connectivity index (χ4v) is 2.20. The molecule has 1 heterocycles. The summed E-state index contributed by atoms with van der Waals surface area (Å²) >= 11 is 9.30. The molecule has 0 aliphatic rings. The quantitative estimate of drug-likeness (QED) is 0.843. The van der Waals surface area contributed by atoms with Gasteiger partial charge in [-0.05, 0) is 40.5 Å². The van der Waals surface area contributed by atoms with E-state index in [-0.39, 0.29) is 5.92 Å². The first-order chi connectivity index (χ1) is 8.11. The first-order valence-corrected chi connectivity index (χ1v) is 6.18. The molecule has 5 heteroatoms. The van der Waals surface area contributed by atoms with Crippen molar-refractivity contribution in [2.75, 3.05) is 0 Å². The SMILES string of the molecule is CC(C#N)c1ccc(-n2cc(Cl)cn2)c(Br)c1. The Balaban J connectivity index is 2.42. The van der Waals surface area contributed by atoms with E-state index in [1.807, 2.05) is 25.1 Å². The fourth-order valence-electron chi connectivity index (χ4n) is 1.49. The van der Waals surface area contributed by atoms with Crippen molar-refractivity contribution in [2.45, 2.75) is 12.8 Å². The van der Waals surface area contributed by atoms with Crippen molar-refractivity contribution in [3.63, 3.8) is 0 Å².